The summed E-state index contributed by atoms with van der Waals surface area (Å²) in [6, 6.07) is 13.1. The SMILES string of the molecule is CCCCCCOc1ccc(C2C(C(C)=O)=C(C)Nc3nc(SCc4ccccc4Cl)nn32)cc1OC. The number of nitrogens with one attached hydrogen (secondary N) is 1. The Morgan fingerprint density at radius 1 is 1.16 bits per heavy atom. The average molecular weight is 541 g/mol. The standard InChI is InChI=1S/C28H33ClN4O3S/c1-5-6-7-10-15-36-23-14-13-20(16-24(23)35-4)26-25(19(3)34)18(2)30-27-31-28(32-33(26)27)37-17-21-11-8-9-12-22(21)29/h8-9,11-14,16,26H,5-7,10,15,17H2,1-4H3,(H,30,31,32). The van der Waals surface area contributed by atoms with E-state index in [-0.39, 0.29) is 5.78 Å². The van der Waals surface area contributed by atoms with Crippen molar-refractivity contribution in [2.75, 3.05) is 19.0 Å². The van der Waals surface area contributed by atoms with Gasteiger partial charge in [0.25, 0.3) is 0 Å². The van der Waals surface area contributed by atoms with Crippen molar-refractivity contribution in [2.45, 2.75) is 63.4 Å². The van der Waals surface area contributed by atoms with Crippen molar-refractivity contribution in [3.63, 3.8) is 0 Å². The second-order valence-electron chi connectivity index (χ2n) is 8.98. The van der Waals surface area contributed by atoms with Crippen LogP contribution in [0.2, 0.25) is 5.02 Å². The lowest BCUT2D eigenvalue weighted by Gasteiger charge is -2.28. The molecule has 1 aromatic heterocycles. The van der Waals surface area contributed by atoms with E-state index >= 15 is 0 Å². The number of rotatable bonds is 12. The summed E-state index contributed by atoms with van der Waals surface area (Å²) in [5.74, 6) is 2.51. The lowest BCUT2D eigenvalue weighted by molar-refractivity contribution is -0.114. The summed E-state index contributed by atoms with van der Waals surface area (Å²) in [5, 5.41) is 9.35. The number of halogens is 1. The Kier molecular flexibility index (Phi) is 9.16. The number of Topliss-reactive ketones (excluding diaryl/α,β-unsaturated/α-hetero) is 1. The van der Waals surface area contributed by atoms with Gasteiger partial charge < -0.3 is 14.8 Å². The lowest BCUT2D eigenvalue weighted by atomic mass is 9.93. The predicted molar refractivity (Wildman–Crippen MR) is 149 cm³/mol. The quantitative estimate of drug-likeness (QED) is 0.194. The first-order valence-corrected chi connectivity index (χ1v) is 13.9. The van der Waals surface area contributed by atoms with Crippen molar-refractivity contribution < 1.29 is 14.3 Å². The van der Waals surface area contributed by atoms with E-state index in [1.54, 1.807) is 18.7 Å². The molecule has 0 saturated heterocycles. The first-order chi connectivity index (χ1) is 17.9. The summed E-state index contributed by atoms with van der Waals surface area (Å²) in [4.78, 5) is 17.5. The van der Waals surface area contributed by atoms with Crippen molar-refractivity contribution in [3.05, 3.63) is 69.9 Å². The molecule has 0 aliphatic carbocycles. The highest BCUT2D eigenvalue weighted by molar-refractivity contribution is 7.98. The Morgan fingerprint density at radius 2 is 1.97 bits per heavy atom. The molecule has 0 saturated carbocycles. The molecule has 7 nitrogen and oxygen atoms in total. The maximum absolute atomic E-state index is 12.8. The number of ketones is 1. The zero-order valence-corrected chi connectivity index (χ0v) is 23.3. The molecule has 1 aliphatic heterocycles. The minimum absolute atomic E-state index is 0.0309. The van der Waals surface area contributed by atoms with Gasteiger partial charge in [-0.2, -0.15) is 4.98 Å². The topological polar surface area (TPSA) is 78.3 Å². The Labute approximate surface area is 227 Å². The smallest absolute Gasteiger partial charge is 0.227 e. The molecule has 0 bridgehead atoms. The molecule has 1 atom stereocenters. The van der Waals surface area contributed by atoms with Crippen LogP contribution < -0.4 is 14.8 Å². The zero-order valence-electron chi connectivity index (χ0n) is 21.7. The highest BCUT2D eigenvalue weighted by Crippen LogP contribution is 2.40. The first kappa shape index (κ1) is 27.1. The van der Waals surface area contributed by atoms with Crippen LogP contribution in [0.4, 0.5) is 5.95 Å². The normalized spacial score (nSPS) is 14.8. The van der Waals surface area contributed by atoms with Crippen LogP contribution in [0.15, 0.2) is 58.9 Å². The van der Waals surface area contributed by atoms with Gasteiger partial charge in [0.05, 0.1) is 13.7 Å². The monoisotopic (exact) mass is 540 g/mol. The van der Waals surface area contributed by atoms with Crippen LogP contribution in [0.3, 0.4) is 0 Å². The second kappa shape index (κ2) is 12.5. The Balaban J connectivity index is 1.62. The molecule has 3 aromatic rings. The number of nitrogens with zero attached hydrogens (tertiary/aromatic N) is 3. The Hall–Kier alpha value is -2.97. The van der Waals surface area contributed by atoms with E-state index in [9.17, 15) is 4.79 Å². The molecule has 4 rings (SSSR count). The predicted octanol–water partition coefficient (Wildman–Crippen LogP) is 7.07. The van der Waals surface area contributed by atoms with Crippen molar-refractivity contribution in [1.82, 2.24) is 14.8 Å². The van der Waals surface area contributed by atoms with Gasteiger partial charge in [-0.15, -0.1) is 5.10 Å². The molecule has 0 spiro atoms. The Bertz CT molecular complexity index is 1290. The van der Waals surface area contributed by atoms with Crippen LogP contribution in [0.5, 0.6) is 11.5 Å². The summed E-state index contributed by atoms with van der Waals surface area (Å²) in [7, 11) is 1.63. The van der Waals surface area contributed by atoms with E-state index in [1.807, 2.05) is 49.4 Å². The molecule has 1 unspecified atom stereocenters. The molecular weight excluding hydrogens is 508 g/mol. The molecule has 2 aromatic carbocycles. The van der Waals surface area contributed by atoms with Gasteiger partial charge in [-0.05, 0) is 49.6 Å². The van der Waals surface area contributed by atoms with Gasteiger partial charge in [0.1, 0.15) is 6.04 Å². The van der Waals surface area contributed by atoms with Gasteiger partial charge in [0.15, 0.2) is 17.3 Å². The molecule has 196 valence electrons. The summed E-state index contributed by atoms with van der Waals surface area (Å²) >= 11 is 7.82. The fraction of sp³-hybridized carbons (Fsp3) is 0.393. The molecule has 0 radical (unpaired) electrons. The third-order valence-corrected chi connectivity index (χ3v) is 7.54. The minimum atomic E-state index is -0.441. The highest BCUT2D eigenvalue weighted by atomic mass is 35.5. The van der Waals surface area contributed by atoms with Gasteiger partial charge in [-0.25, -0.2) is 4.68 Å². The largest absolute Gasteiger partial charge is 0.493 e. The summed E-state index contributed by atoms with van der Waals surface area (Å²) in [6.07, 6.45) is 4.53. The zero-order chi connectivity index (χ0) is 26.4. The van der Waals surface area contributed by atoms with Crippen LogP contribution >= 0.6 is 23.4 Å². The van der Waals surface area contributed by atoms with Crippen molar-refractivity contribution in [1.29, 1.82) is 0 Å². The van der Waals surface area contributed by atoms with E-state index in [2.05, 4.69) is 12.2 Å². The lowest BCUT2D eigenvalue weighted by Crippen LogP contribution is -2.27. The molecule has 1 aliphatic rings. The number of thioether (sulfide) groups is 1. The van der Waals surface area contributed by atoms with Crippen LogP contribution in [0, 0.1) is 0 Å². The van der Waals surface area contributed by atoms with Gasteiger partial charge >= 0.3 is 0 Å². The van der Waals surface area contributed by atoms with Crippen molar-refractivity contribution >= 4 is 35.1 Å². The number of anilines is 1. The van der Waals surface area contributed by atoms with Crippen LogP contribution in [-0.2, 0) is 10.5 Å². The molecule has 37 heavy (non-hydrogen) atoms. The van der Waals surface area contributed by atoms with Gasteiger partial charge in [0.2, 0.25) is 11.1 Å². The third kappa shape index (κ3) is 6.30. The van der Waals surface area contributed by atoms with E-state index in [0.717, 1.165) is 29.7 Å². The molecule has 0 fully saturated rings. The summed E-state index contributed by atoms with van der Waals surface area (Å²) in [5.41, 5.74) is 3.28. The molecule has 2 heterocycles. The van der Waals surface area contributed by atoms with Crippen LogP contribution in [0.25, 0.3) is 0 Å². The molecule has 9 heteroatoms. The first-order valence-electron chi connectivity index (χ1n) is 12.5. The van der Waals surface area contributed by atoms with E-state index in [1.165, 1.54) is 24.6 Å². The number of methoxy groups -OCH3 is 1. The van der Waals surface area contributed by atoms with E-state index < -0.39 is 6.04 Å². The number of fused-ring (bicyclic) bond motifs is 1. The third-order valence-electron chi connectivity index (χ3n) is 6.29. The number of unbranched alkanes of at least 4 members (excludes halogenated alkanes) is 3. The maximum Gasteiger partial charge on any atom is 0.227 e. The molecular formula is C28H33ClN4O3S. The van der Waals surface area contributed by atoms with Gasteiger partial charge in [-0.3, -0.25) is 4.79 Å². The number of carbonyl (C=O) groups is 1. The van der Waals surface area contributed by atoms with Crippen LogP contribution in [0.1, 0.15) is 63.6 Å². The number of aromatic nitrogens is 3. The average Bonchev–Trinajstić information content (AvgIpc) is 3.29. The number of hydrogen-bond acceptors (Lipinski definition) is 7. The number of allylic oxidation sites excluding steroid dienone is 2. The molecule has 0 amide bonds. The number of benzene rings is 2. The minimum Gasteiger partial charge on any atom is -0.493 e. The molecule has 1 N–H and O–H groups in total. The van der Waals surface area contributed by atoms with Gasteiger partial charge in [0, 0.05) is 22.0 Å². The van der Waals surface area contributed by atoms with E-state index in [4.69, 9.17) is 31.2 Å². The van der Waals surface area contributed by atoms with Crippen molar-refractivity contribution in [3.8, 4) is 11.5 Å². The summed E-state index contributed by atoms with van der Waals surface area (Å²) in [6.45, 7) is 6.30. The Morgan fingerprint density at radius 3 is 2.70 bits per heavy atom. The highest BCUT2D eigenvalue weighted by Gasteiger charge is 2.33. The number of ether oxygens (including phenoxy) is 2. The fourth-order valence-electron chi connectivity index (χ4n) is 4.40. The van der Waals surface area contributed by atoms with Crippen LogP contribution in [-0.4, -0.2) is 34.3 Å². The number of hydrogen-bond donors (Lipinski definition) is 1. The fourth-order valence-corrected chi connectivity index (χ4v) is 5.51. The van der Waals surface area contributed by atoms with E-state index in [0.29, 0.717) is 45.6 Å². The van der Waals surface area contributed by atoms with Crippen molar-refractivity contribution in [2.24, 2.45) is 0 Å². The van der Waals surface area contributed by atoms with Gasteiger partial charge in [-0.1, -0.05) is 73.8 Å². The maximum atomic E-state index is 12.8. The number of carbonyl (C=O) groups excluding carboxylic acids is 1. The summed E-state index contributed by atoms with van der Waals surface area (Å²) < 4.78 is 13.4. The second-order valence-corrected chi connectivity index (χ2v) is 10.3.